The quantitative estimate of drug-likeness (QED) is 0.709. The minimum atomic E-state index is -0.904. The van der Waals surface area contributed by atoms with Crippen LogP contribution < -0.4 is 0 Å². The highest BCUT2D eigenvalue weighted by atomic mass is 19.1. The molecule has 1 atom stereocenters. The summed E-state index contributed by atoms with van der Waals surface area (Å²) in [7, 11) is 1.55. The highest BCUT2D eigenvalue weighted by molar-refractivity contribution is 5.81. The molecule has 0 aromatic heterocycles. The maximum absolute atomic E-state index is 14.1. The van der Waals surface area contributed by atoms with Crippen molar-refractivity contribution in [2.75, 3.05) is 33.4 Å². The number of likely N-dealkylation sites (tertiary alicyclic amines) is 1. The van der Waals surface area contributed by atoms with Crippen LogP contribution in [0.25, 0.3) is 0 Å². The fourth-order valence-corrected chi connectivity index (χ4v) is 3.37. The number of methoxy groups -OCH3 is 1. The summed E-state index contributed by atoms with van der Waals surface area (Å²) in [6.07, 6.45) is 1.77. The summed E-state index contributed by atoms with van der Waals surface area (Å²) >= 11 is 0. The molecule has 0 aliphatic carbocycles. The largest absolute Gasteiger partial charge is 0.466 e. The van der Waals surface area contributed by atoms with Gasteiger partial charge in [0.25, 0.3) is 0 Å². The van der Waals surface area contributed by atoms with Gasteiger partial charge in [0.05, 0.1) is 25.0 Å². The van der Waals surface area contributed by atoms with Gasteiger partial charge in [-0.2, -0.15) is 0 Å². The first kappa shape index (κ1) is 19.4. The van der Waals surface area contributed by atoms with Crippen molar-refractivity contribution in [2.45, 2.75) is 32.6 Å². The Morgan fingerprint density at radius 3 is 2.76 bits per heavy atom. The lowest BCUT2D eigenvalue weighted by Gasteiger charge is -2.41. The van der Waals surface area contributed by atoms with E-state index < -0.39 is 5.41 Å². The van der Waals surface area contributed by atoms with Gasteiger partial charge in [-0.15, -0.1) is 0 Å². The Balaban J connectivity index is 2.24. The number of esters is 1. The minimum absolute atomic E-state index is 0.0521. The van der Waals surface area contributed by atoms with Crippen molar-refractivity contribution in [1.29, 1.82) is 0 Å². The van der Waals surface area contributed by atoms with E-state index >= 15 is 0 Å². The number of piperidine rings is 1. The summed E-state index contributed by atoms with van der Waals surface area (Å²) < 4.78 is 24.4. The van der Waals surface area contributed by atoms with Gasteiger partial charge in [0, 0.05) is 20.2 Å². The van der Waals surface area contributed by atoms with E-state index in [9.17, 15) is 14.0 Å². The SMILES string of the molecule is CCOC(=O)[C@]1(Cc2ccccc2F)CCCN(C(=O)CCOC)C1. The Morgan fingerprint density at radius 1 is 1.32 bits per heavy atom. The van der Waals surface area contributed by atoms with E-state index in [-0.39, 0.29) is 43.7 Å². The summed E-state index contributed by atoms with van der Waals surface area (Å²) in [6, 6.07) is 6.44. The van der Waals surface area contributed by atoms with Crippen molar-refractivity contribution in [3.05, 3.63) is 35.6 Å². The smallest absolute Gasteiger partial charge is 0.314 e. The molecule has 2 rings (SSSR count). The van der Waals surface area contributed by atoms with Gasteiger partial charge in [0.15, 0.2) is 0 Å². The molecule has 0 N–H and O–H groups in total. The number of carbonyl (C=O) groups is 2. The molecule has 1 saturated heterocycles. The highest BCUT2D eigenvalue weighted by Gasteiger charge is 2.45. The van der Waals surface area contributed by atoms with Gasteiger partial charge >= 0.3 is 5.97 Å². The van der Waals surface area contributed by atoms with Crippen molar-refractivity contribution in [2.24, 2.45) is 5.41 Å². The molecular weight excluding hydrogens is 325 g/mol. The van der Waals surface area contributed by atoms with E-state index in [0.717, 1.165) is 0 Å². The van der Waals surface area contributed by atoms with Crippen LogP contribution in [0, 0.1) is 11.2 Å². The molecule has 1 aromatic carbocycles. The molecule has 1 aliphatic rings. The number of halogens is 1. The molecule has 25 heavy (non-hydrogen) atoms. The zero-order valence-corrected chi connectivity index (χ0v) is 14.9. The fraction of sp³-hybridized carbons (Fsp3) is 0.579. The minimum Gasteiger partial charge on any atom is -0.466 e. The third-order valence-electron chi connectivity index (χ3n) is 4.64. The molecule has 1 aliphatic heterocycles. The Hall–Kier alpha value is -1.95. The first-order chi connectivity index (χ1) is 12.0. The Bertz CT molecular complexity index is 607. The van der Waals surface area contributed by atoms with Gasteiger partial charge in [-0.05, 0) is 37.8 Å². The van der Waals surface area contributed by atoms with Crippen molar-refractivity contribution in [3.63, 3.8) is 0 Å². The molecule has 0 saturated carbocycles. The topological polar surface area (TPSA) is 55.8 Å². The molecular formula is C19H26FNO4. The number of amides is 1. The lowest BCUT2D eigenvalue weighted by molar-refractivity contribution is -0.161. The summed E-state index contributed by atoms with van der Waals surface area (Å²) in [6.45, 7) is 3.20. The van der Waals surface area contributed by atoms with Crippen molar-refractivity contribution >= 4 is 11.9 Å². The van der Waals surface area contributed by atoms with Crippen LogP contribution in [0.4, 0.5) is 4.39 Å². The average molecular weight is 351 g/mol. The van der Waals surface area contributed by atoms with Gasteiger partial charge in [-0.25, -0.2) is 4.39 Å². The lowest BCUT2D eigenvalue weighted by atomic mass is 9.75. The van der Waals surface area contributed by atoms with E-state index in [1.54, 1.807) is 37.1 Å². The maximum atomic E-state index is 14.1. The lowest BCUT2D eigenvalue weighted by Crippen LogP contribution is -2.51. The number of rotatable bonds is 7. The summed E-state index contributed by atoms with van der Waals surface area (Å²) in [5.74, 6) is -0.750. The van der Waals surface area contributed by atoms with Crippen molar-refractivity contribution in [1.82, 2.24) is 4.90 Å². The third-order valence-corrected chi connectivity index (χ3v) is 4.64. The van der Waals surface area contributed by atoms with Crippen LogP contribution in [0.3, 0.4) is 0 Å². The molecule has 0 unspecified atom stereocenters. The number of carbonyl (C=O) groups excluding carboxylic acids is 2. The number of hydrogen-bond acceptors (Lipinski definition) is 4. The Kier molecular flexibility index (Phi) is 6.93. The molecule has 1 fully saturated rings. The van der Waals surface area contributed by atoms with Gasteiger partial charge in [0.1, 0.15) is 5.82 Å². The molecule has 1 amide bonds. The molecule has 0 radical (unpaired) electrons. The number of nitrogens with zero attached hydrogens (tertiary/aromatic N) is 1. The Morgan fingerprint density at radius 2 is 2.08 bits per heavy atom. The molecule has 6 heteroatoms. The first-order valence-corrected chi connectivity index (χ1v) is 8.70. The predicted molar refractivity (Wildman–Crippen MR) is 91.5 cm³/mol. The standard InChI is InChI=1S/C19H26FNO4/c1-3-25-18(23)19(13-15-7-4-5-8-16(15)20)10-6-11-21(14-19)17(22)9-12-24-2/h4-5,7-8H,3,6,9-14H2,1-2H3/t19-/m0/s1. The molecule has 1 aromatic rings. The maximum Gasteiger partial charge on any atom is 0.314 e. The normalized spacial score (nSPS) is 20.4. The van der Waals surface area contributed by atoms with Gasteiger partial charge in [-0.3, -0.25) is 9.59 Å². The number of ether oxygens (including phenoxy) is 2. The molecule has 1 heterocycles. The molecule has 0 spiro atoms. The van der Waals surface area contributed by atoms with Gasteiger partial charge < -0.3 is 14.4 Å². The van der Waals surface area contributed by atoms with Crippen LogP contribution >= 0.6 is 0 Å². The predicted octanol–water partition coefficient (Wildman–Crippen LogP) is 2.58. The van der Waals surface area contributed by atoms with E-state index in [4.69, 9.17) is 9.47 Å². The van der Waals surface area contributed by atoms with Crippen LogP contribution in [0.1, 0.15) is 31.7 Å². The van der Waals surface area contributed by atoms with Crippen molar-refractivity contribution < 1.29 is 23.5 Å². The average Bonchev–Trinajstić information content (AvgIpc) is 2.62. The number of benzene rings is 1. The zero-order valence-electron chi connectivity index (χ0n) is 14.9. The second-order valence-electron chi connectivity index (χ2n) is 6.43. The van der Waals surface area contributed by atoms with Crippen LogP contribution in [0.2, 0.25) is 0 Å². The van der Waals surface area contributed by atoms with E-state index in [1.807, 2.05) is 0 Å². The summed E-state index contributed by atoms with van der Waals surface area (Å²) in [4.78, 5) is 26.8. The van der Waals surface area contributed by atoms with E-state index in [1.165, 1.54) is 6.07 Å². The zero-order chi connectivity index (χ0) is 18.3. The van der Waals surface area contributed by atoms with Gasteiger partial charge in [-0.1, -0.05) is 18.2 Å². The van der Waals surface area contributed by atoms with Crippen LogP contribution in [0.15, 0.2) is 24.3 Å². The van der Waals surface area contributed by atoms with E-state index in [0.29, 0.717) is 31.6 Å². The fourth-order valence-electron chi connectivity index (χ4n) is 3.37. The van der Waals surface area contributed by atoms with Crippen LogP contribution in [-0.2, 0) is 25.5 Å². The third kappa shape index (κ3) is 4.78. The van der Waals surface area contributed by atoms with Crippen LogP contribution in [-0.4, -0.2) is 50.2 Å². The summed E-state index contributed by atoms with van der Waals surface area (Å²) in [5.41, 5.74) is -0.430. The van der Waals surface area contributed by atoms with Crippen molar-refractivity contribution in [3.8, 4) is 0 Å². The second-order valence-corrected chi connectivity index (χ2v) is 6.43. The molecule has 5 nitrogen and oxygen atoms in total. The molecule has 0 bridgehead atoms. The molecule has 138 valence electrons. The van der Waals surface area contributed by atoms with Crippen LogP contribution in [0.5, 0.6) is 0 Å². The van der Waals surface area contributed by atoms with E-state index in [2.05, 4.69) is 0 Å². The van der Waals surface area contributed by atoms with Gasteiger partial charge in [0.2, 0.25) is 5.91 Å². The Labute approximate surface area is 148 Å². The second kappa shape index (κ2) is 8.94. The first-order valence-electron chi connectivity index (χ1n) is 8.70. The summed E-state index contributed by atoms with van der Waals surface area (Å²) in [5, 5.41) is 0. The monoisotopic (exact) mass is 351 g/mol. The number of hydrogen-bond donors (Lipinski definition) is 0. The highest BCUT2D eigenvalue weighted by Crippen LogP contribution is 2.36.